The van der Waals surface area contributed by atoms with E-state index in [1.54, 1.807) is 4.90 Å². The summed E-state index contributed by atoms with van der Waals surface area (Å²) < 4.78 is 41.2. The van der Waals surface area contributed by atoms with Gasteiger partial charge in [-0.25, -0.2) is 0 Å². The number of carbonyl (C=O) groups excluding carboxylic acids is 2. The number of likely N-dealkylation sites (tertiary alicyclic amines) is 3. The van der Waals surface area contributed by atoms with Crippen LogP contribution in [0.25, 0.3) is 0 Å². The molecule has 0 aromatic heterocycles. The van der Waals surface area contributed by atoms with Gasteiger partial charge in [-0.2, -0.15) is 13.2 Å². The Morgan fingerprint density at radius 2 is 1.69 bits per heavy atom. The van der Waals surface area contributed by atoms with Crippen molar-refractivity contribution < 1.29 is 33.0 Å². The second kappa shape index (κ2) is 14.9. The Bertz CT molecular complexity index is 1450. The van der Waals surface area contributed by atoms with E-state index in [1.165, 1.54) is 18.9 Å². The summed E-state index contributed by atoms with van der Waals surface area (Å²) in [5.74, 6) is -1.41. The molecule has 4 aliphatic rings. The monoisotopic (exact) mass is 690 g/mol. The van der Waals surface area contributed by atoms with E-state index in [2.05, 4.69) is 16.3 Å². The maximum Gasteiger partial charge on any atom is 0.420 e. The van der Waals surface area contributed by atoms with Crippen LogP contribution in [-0.4, -0.2) is 88.3 Å². The summed E-state index contributed by atoms with van der Waals surface area (Å²) >= 11 is 6.03. The van der Waals surface area contributed by atoms with Crippen molar-refractivity contribution in [1.82, 2.24) is 14.7 Å². The van der Waals surface area contributed by atoms with Crippen molar-refractivity contribution in [2.45, 2.75) is 88.6 Å². The Balaban J connectivity index is 1.11. The van der Waals surface area contributed by atoms with Gasteiger partial charge in [0.25, 0.3) is 0 Å². The molecule has 0 bridgehead atoms. The Morgan fingerprint density at radius 3 is 2.38 bits per heavy atom. The molecule has 2 amide bonds. The molecular weight excluding hydrogens is 645 g/mol. The number of hydrogen-bond donors (Lipinski definition) is 3. The quantitative estimate of drug-likeness (QED) is 0.288. The zero-order chi connectivity index (χ0) is 34.0. The SMILES string of the molecule is O=C1CC(CC2CCN(C(O)C[C@H](Cc3cc(Cl)c(O)c(C(F)(F)F)c3)C(=O)N3CCC(N4CCCC4)CC3)CC2)c2ccccc2N1. The van der Waals surface area contributed by atoms with Crippen molar-refractivity contribution in [2.75, 3.05) is 44.6 Å². The highest BCUT2D eigenvalue weighted by Gasteiger charge is 2.38. The Hall–Kier alpha value is -2.86. The Labute approximate surface area is 285 Å². The number of hydrogen-bond acceptors (Lipinski definition) is 6. The average molecular weight is 691 g/mol. The lowest BCUT2D eigenvalue weighted by Gasteiger charge is -2.40. The molecule has 0 spiro atoms. The van der Waals surface area contributed by atoms with Crippen molar-refractivity contribution in [2.24, 2.45) is 11.8 Å². The number of carbonyl (C=O) groups is 2. The minimum atomic E-state index is -4.81. The van der Waals surface area contributed by atoms with E-state index in [4.69, 9.17) is 11.6 Å². The summed E-state index contributed by atoms with van der Waals surface area (Å²) in [5, 5.41) is 24.0. The molecule has 3 N–H and O–H groups in total. The van der Waals surface area contributed by atoms with Gasteiger partial charge in [-0.15, -0.1) is 0 Å². The summed E-state index contributed by atoms with van der Waals surface area (Å²) in [5.41, 5.74) is 0.995. The van der Waals surface area contributed by atoms with Crippen molar-refractivity contribution in [1.29, 1.82) is 0 Å². The fourth-order valence-electron chi connectivity index (χ4n) is 8.37. The van der Waals surface area contributed by atoms with Crippen LogP contribution in [0.4, 0.5) is 18.9 Å². The van der Waals surface area contributed by atoms with E-state index in [0.29, 0.717) is 44.6 Å². The smallest absolute Gasteiger partial charge is 0.420 e. The third kappa shape index (κ3) is 8.12. The second-order valence-electron chi connectivity index (χ2n) is 14.1. The van der Waals surface area contributed by atoms with Crippen LogP contribution in [0.1, 0.15) is 80.4 Å². The number of nitrogens with zero attached hydrogens (tertiary/aromatic N) is 3. The maximum atomic E-state index is 14.0. The van der Waals surface area contributed by atoms with Crippen molar-refractivity contribution in [3.05, 3.63) is 58.1 Å². The van der Waals surface area contributed by atoms with Crippen molar-refractivity contribution in [3.63, 3.8) is 0 Å². The van der Waals surface area contributed by atoms with Gasteiger partial charge in [-0.3, -0.25) is 14.5 Å². The van der Waals surface area contributed by atoms with Crippen LogP contribution in [0.15, 0.2) is 36.4 Å². The van der Waals surface area contributed by atoms with Crippen LogP contribution >= 0.6 is 11.6 Å². The number of aliphatic hydroxyl groups excluding tert-OH is 1. The zero-order valence-electron chi connectivity index (χ0n) is 27.2. The first kappa shape index (κ1) is 35.0. The summed E-state index contributed by atoms with van der Waals surface area (Å²) in [4.78, 5) is 32.6. The van der Waals surface area contributed by atoms with Crippen LogP contribution in [0, 0.1) is 11.8 Å². The van der Waals surface area contributed by atoms with Crippen LogP contribution in [-0.2, 0) is 22.2 Å². The molecule has 3 fully saturated rings. The molecule has 3 atom stereocenters. The highest BCUT2D eigenvalue weighted by Crippen LogP contribution is 2.42. The van der Waals surface area contributed by atoms with E-state index in [-0.39, 0.29) is 36.1 Å². The molecule has 12 heteroatoms. The molecule has 0 aliphatic carbocycles. The van der Waals surface area contributed by atoms with Gasteiger partial charge >= 0.3 is 6.18 Å². The average Bonchev–Trinajstić information content (AvgIpc) is 3.61. The molecule has 0 saturated carbocycles. The lowest BCUT2D eigenvalue weighted by Crippen LogP contribution is -2.49. The van der Waals surface area contributed by atoms with Gasteiger partial charge in [0.1, 0.15) is 12.0 Å². The standard InChI is InChI=1S/C36H46ClF3N4O4/c37-30-20-24(19-29(34(30)47)36(38,39)40)18-26(35(48)44-15-9-27(10-16-44)42-11-3-4-12-42)22-33(46)43-13-7-23(8-14-43)17-25-21-32(45)41-31-6-2-1-5-28(25)31/h1-2,5-6,19-20,23,25-27,33,46-47H,3-4,7-18,21-22H2,(H,41,45)/t25?,26-,33?/m0/s1. The molecule has 2 aromatic rings. The number of piperidine rings is 2. The lowest BCUT2D eigenvalue weighted by atomic mass is 9.80. The van der Waals surface area contributed by atoms with Crippen LogP contribution < -0.4 is 5.32 Å². The second-order valence-corrected chi connectivity index (χ2v) is 14.5. The number of aliphatic hydroxyl groups is 1. The van der Waals surface area contributed by atoms with E-state index in [1.807, 2.05) is 23.1 Å². The summed E-state index contributed by atoms with van der Waals surface area (Å²) in [6.45, 7) is 4.55. The van der Waals surface area contributed by atoms with Crippen LogP contribution in [0.2, 0.25) is 5.02 Å². The predicted molar refractivity (Wildman–Crippen MR) is 178 cm³/mol. The molecule has 48 heavy (non-hydrogen) atoms. The van der Waals surface area contributed by atoms with E-state index < -0.39 is 34.7 Å². The molecular formula is C36H46ClF3N4O4. The minimum absolute atomic E-state index is 0.0276. The number of rotatable bonds is 9. The first-order chi connectivity index (χ1) is 23.0. The molecule has 262 valence electrons. The maximum absolute atomic E-state index is 14.0. The van der Waals surface area contributed by atoms with E-state index >= 15 is 0 Å². The summed E-state index contributed by atoms with van der Waals surface area (Å²) in [7, 11) is 0. The molecule has 8 nitrogen and oxygen atoms in total. The largest absolute Gasteiger partial charge is 0.506 e. The third-order valence-corrected chi connectivity index (χ3v) is 11.3. The third-order valence-electron chi connectivity index (χ3n) is 11.0. The van der Waals surface area contributed by atoms with Gasteiger partial charge < -0.3 is 25.3 Å². The number of amides is 2. The fraction of sp³-hybridized carbons (Fsp3) is 0.611. The van der Waals surface area contributed by atoms with Gasteiger partial charge in [-0.1, -0.05) is 29.8 Å². The molecule has 4 aliphatic heterocycles. The fourth-order valence-corrected chi connectivity index (χ4v) is 8.61. The van der Waals surface area contributed by atoms with Gasteiger partial charge in [0.15, 0.2) is 0 Å². The number of fused-ring (bicyclic) bond motifs is 1. The summed E-state index contributed by atoms with van der Waals surface area (Å²) in [6, 6.07) is 10.5. The Morgan fingerprint density at radius 1 is 1.00 bits per heavy atom. The molecule has 0 radical (unpaired) electrons. The normalized spacial score (nSPS) is 23.1. The molecule has 2 aromatic carbocycles. The molecule has 2 unspecified atom stereocenters. The number of para-hydroxylation sites is 1. The van der Waals surface area contributed by atoms with Crippen molar-refractivity contribution >= 4 is 29.1 Å². The number of benzene rings is 2. The number of alkyl halides is 3. The number of nitrogens with one attached hydrogen (secondary N) is 1. The number of halogens is 4. The van der Waals surface area contributed by atoms with Crippen LogP contribution in [0.5, 0.6) is 5.75 Å². The molecule has 6 rings (SSSR count). The number of phenolic OH excluding ortho intramolecular Hbond substituents is 1. The molecule has 4 heterocycles. The van der Waals surface area contributed by atoms with Crippen LogP contribution in [0.3, 0.4) is 0 Å². The Kier molecular flexibility index (Phi) is 10.9. The minimum Gasteiger partial charge on any atom is -0.506 e. The highest BCUT2D eigenvalue weighted by atomic mass is 35.5. The molecule has 3 saturated heterocycles. The zero-order valence-corrected chi connectivity index (χ0v) is 28.0. The van der Waals surface area contributed by atoms with Gasteiger partial charge in [0.05, 0.1) is 10.6 Å². The van der Waals surface area contributed by atoms with Gasteiger partial charge in [0, 0.05) is 50.2 Å². The van der Waals surface area contributed by atoms with E-state index in [0.717, 1.165) is 62.5 Å². The first-order valence-corrected chi connectivity index (χ1v) is 17.8. The predicted octanol–water partition coefficient (Wildman–Crippen LogP) is 6.25. The van der Waals surface area contributed by atoms with Gasteiger partial charge in [0.2, 0.25) is 11.8 Å². The lowest BCUT2D eigenvalue weighted by molar-refractivity contribution is -0.140. The highest BCUT2D eigenvalue weighted by molar-refractivity contribution is 6.32. The number of aromatic hydroxyl groups is 1. The van der Waals surface area contributed by atoms with Gasteiger partial charge in [-0.05, 0) is 112 Å². The van der Waals surface area contributed by atoms with Crippen molar-refractivity contribution in [3.8, 4) is 5.75 Å². The summed E-state index contributed by atoms with van der Waals surface area (Å²) in [6.07, 6.45) is 1.37. The van der Waals surface area contributed by atoms with E-state index in [9.17, 15) is 33.0 Å². The first-order valence-electron chi connectivity index (χ1n) is 17.4. The number of phenols is 1. The topological polar surface area (TPSA) is 96.3 Å². The number of anilines is 1.